The molecule has 2 aliphatic rings. The number of hydrogen-bond donors (Lipinski definition) is 0. The number of hydrogen-bond acceptors (Lipinski definition) is 1. The Labute approximate surface area is 112 Å². The third-order valence-corrected chi connectivity index (χ3v) is 6.80. The van der Waals surface area contributed by atoms with E-state index < -0.39 is 0 Å². The van der Waals surface area contributed by atoms with Crippen molar-refractivity contribution < 1.29 is 4.74 Å². The zero-order valence-electron chi connectivity index (χ0n) is 11.0. The lowest BCUT2D eigenvalue weighted by molar-refractivity contribution is -0.0191. The summed E-state index contributed by atoms with van der Waals surface area (Å²) >= 11 is 0. The number of rotatable bonds is 4. The zero-order valence-corrected chi connectivity index (χ0v) is 12.4. The fraction of sp³-hybridized carbons (Fsp3) is 0.500. The first kappa shape index (κ1) is 12.2. The minimum Gasteiger partial charge on any atom is -0.378 e. The van der Waals surface area contributed by atoms with E-state index in [9.17, 15) is 0 Å². The van der Waals surface area contributed by atoms with Gasteiger partial charge in [-0.3, -0.25) is 0 Å². The third kappa shape index (κ3) is 2.75. The molecule has 0 radical (unpaired) electrons. The van der Waals surface area contributed by atoms with Crippen LogP contribution in [0.15, 0.2) is 41.6 Å². The Morgan fingerprint density at radius 1 is 1.17 bits per heavy atom. The highest BCUT2D eigenvalue weighted by atomic mass is 28.2. The first-order valence-electron chi connectivity index (χ1n) is 7.22. The van der Waals surface area contributed by atoms with Gasteiger partial charge < -0.3 is 4.74 Å². The van der Waals surface area contributed by atoms with E-state index in [-0.39, 0.29) is 14.7 Å². The largest absolute Gasteiger partial charge is 0.378 e. The first-order valence-corrected chi connectivity index (χ1v) is 8.64. The lowest BCUT2D eigenvalue weighted by Crippen LogP contribution is -2.45. The molecule has 96 valence electrons. The molecule has 3 rings (SSSR count). The van der Waals surface area contributed by atoms with Gasteiger partial charge in [-0.2, -0.15) is 0 Å². The highest BCUT2D eigenvalue weighted by Crippen LogP contribution is 2.32. The molecule has 1 aromatic rings. The molecule has 1 unspecified atom stereocenters. The quantitative estimate of drug-likeness (QED) is 0.755. The Morgan fingerprint density at radius 3 is 2.61 bits per heavy atom. The highest BCUT2D eigenvalue weighted by Gasteiger charge is 2.35. The van der Waals surface area contributed by atoms with Gasteiger partial charge in [-0.1, -0.05) is 41.6 Å². The van der Waals surface area contributed by atoms with Gasteiger partial charge in [0.1, 0.15) is 0 Å². The lowest BCUT2D eigenvalue weighted by Gasteiger charge is -2.39. The molecule has 1 nitrogen and oxygen atoms in total. The van der Waals surface area contributed by atoms with Crippen LogP contribution >= 0.6 is 0 Å². The molecule has 0 spiro atoms. The van der Waals surface area contributed by atoms with Crippen LogP contribution in [0.5, 0.6) is 0 Å². The standard InChI is InChI=1S/C16H22OSi/c1-2-7-14(8-3-1)13-16(11-4-5-12-17-16)18-15-9-6-10-15/h1-3,7-9H,4-6,10-13,18H2. The van der Waals surface area contributed by atoms with E-state index in [1.165, 1.54) is 37.7 Å². The molecule has 0 amide bonds. The third-order valence-electron chi connectivity index (χ3n) is 4.25. The van der Waals surface area contributed by atoms with Crippen LogP contribution in [0.4, 0.5) is 0 Å². The van der Waals surface area contributed by atoms with Crippen LogP contribution in [-0.2, 0) is 11.2 Å². The van der Waals surface area contributed by atoms with Crippen LogP contribution in [0.2, 0.25) is 0 Å². The van der Waals surface area contributed by atoms with Crippen LogP contribution in [0.3, 0.4) is 0 Å². The van der Waals surface area contributed by atoms with Gasteiger partial charge >= 0.3 is 0 Å². The summed E-state index contributed by atoms with van der Waals surface area (Å²) in [5.74, 6) is 0. The molecule has 1 heterocycles. The van der Waals surface area contributed by atoms with Crippen molar-refractivity contribution in [3.63, 3.8) is 0 Å². The van der Waals surface area contributed by atoms with Crippen molar-refractivity contribution in [2.24, 2.45) is 0 Å². The van der Waals surface area contributed by atoms with Crippen LogP contribution in [0.25, 0.3) is 0 Å². The van der Waals surface area contributed by atoms with Crippen molar-refractivity contribution >= 4 is 9.52 Å². The minimum atomic E-state index is -0.235. The maximum absolute atomic E-state index is 6.30. The predicted molar refractivity (Wildman–Crippen MR) is 78.5 cm³/mol. The van der Waals surface area contributed by atoms with Crippen molar-refractivity contribution in [3.8, 4) is 0 Å². The van der Waals surface area contributed by atoms with E-state index in [0.717, 1.165) is 13.0 Å². The fourth-order valence-corrected chi connectivity index (χ4v) is 5.79. The molecule has 1 saturated heterocycles. The van der Waals surface area contributed by atoms with Crippen LogP contribution in [0.1, 0.15) is 37.7 Å². The van der Waals surface area contributed by atoms with Crippen molar-refractivity contribution in [1.82, 2.24) is 0 Å². The zero-order chi connectivity index (χ0) is 12.3. The Hall–Kier alpha value is -0.863. The average Bonchev–Trinajstić information content (AvgIpc) is 2.37. The summed E-state index contributed by atoms with van der Waals surface area (Å²) in [4.78, 5) is 0. The molecule has 1 atom stereocenters. The monoisotopic (exact) mass is 258 g/mol. The highest BCUT2D eigenvalue weighted by molar-refractivity contribution is 6.49. The molecule has 1 aromatic carbocycles. The van der Waals surface area contributed by atoms with Gasteiger partial charge in [0.05, 0.1) is 14.7 Å². The summed E-state index contributed by atoms with van der Waals surface area (Å²) < 4.78 is 6.30. The molecular weight excluding hydrogens is 236 g/mol. The Morgan fingerprint density at radius 2 is 2.00 bits per heavy atom. The number of benzene rings is 1. The van der Waals surface area contributed by atoms with Crippen molar-refractivity contribution in [1.29, 1.82) is 0 Å². The maximum Gasteiger partial charge on any atom is 0.0875 e. The van der Waals surface area contributed by atoms with Crippen molar-refractivity contribution in [2.45, 2.75) is 43.7 Å². The lowest BCUT2D eigenvalue weighted by atomic mass is 10.0. The van der Waals surface area contributed by atoms with E-state index in [1.807, 2.05) is 0 Å². The molecule has 1 fully saturated rings. The normalized spacial score (nSPS) is 28.1. The van der Waals surface area contributed by atoms with Crippen molar-refractivity contribution in [3.05, 3.63) is 47.2 Å². The summed E-state index contributed by atoms with van der Waals surface area (Å²) in [6.07, 6.45) is 10.1. The second kappa shape index (κ2) is 5.41. The smallest absolute Gasteiger partial charge is 0.0875 e. The summed E-state index contributed by atoms with van der Waals surface area (Å²) in [7, 11) is -0.235. The Bertz CT molecular complexity index is 418. The maximum atomic E-state index is 6.30. The van der Waals surface area contributed by atoms with Crippen LogP contribution < -0.4 is 0 Å². The number of allylic oxidation sites excluding steroid dienone is 2. The molecule has 0 N–H and O–H groups in total. The molecule has 1 aliphatic carbocycles. The molecule has 0 saturated carbocycles. The van der Waals surface area contributed by atoms with Gasteiger partial charge in [0.2, 0.25) is 0 Å². The molecular formula is C16H22OSi. The van der Waals surface area contributed by atoms with Gasteiger partial charge in [-0.15, -0.1) is 0 Å². The summed E-state index contributed by atoms with van der Waals surface area (Å²) in [6, 6.07) is 10.9. The second-order valence-corrected chi connectivity index (χ2v) is 8.28. The van der Waals surface area contributed by atoms with E-state index in [2.05, 4.69) is 36.4 Å². The van der Waals surface area contributed by atoms with Gasteiger partial charge in [-0.25, -0.2) is 0 Å². The van der Waals surface area contributed by atoms with Crippen molar-refractivity contribution in [2.75, 3.05) is 6.61 Å². The molecule has 2 heteroatoms. The SMILES string of the molecule is C1=C([SiH2]C2(Cc3ccccc3)CCCCO2)CC1. The average molecular weight is 258 g/mol. The molecule has 0 bridgehead atoms. The van der Waals surface area contributed by atoms with E-state index >= 15 is 0 Å². The molecule has 18 heavy (non-hydrogen) atoms. The van der Waals surface area contributed by atoms with Gasteiger partial charge in [0.25, 0.3) is 0 Å². The topological polar surface area (TPSA) is 9.23 Å². The van der Waals surface area contributed by atoms with Crippen LogP contribution in [-0.4, -0.2) is 21.4 Å². The van der Waals surface area contributed by atoms with Crippen LogP contribution in [0, 0.1) is 0 Å². The first-order chi connectivity index (χ1) is 8.86. The Kier molecular flexibility index (Phi) is 3.66. The summed E-state index contributed by atoms with van der Waals surface area (Å²) in [5.41, 5.74) is 1.45. The Balaban J connectivity index is 1.76. The van der Waals surface area contributed by atoms with E-state index in [4.69, 9.17) is 4.74 Å². The fourth-order valence-electron chi connectivity index (χ4n) is 3.14. The van der Waals surface area contributed by atoms with Gasteiger partial charge in [-0.05, 0) is 44.1 Å². The minimum absolute atomic E-state index is 0.228. The second-order valence-electron chi connectivity index (χ2n) is 5.73. The van der Waals surface area contributed by atoms with Gasteiger partial charge in [0, 0.05) is 6.61 Å². The summed E-state index contributed by atoms with van der Waals surface area (Å²) in [5, 5.41) is 1.99. The molecule has 0 aromatic heterocycles. The van der Waals surface area contributed by atoms with E-state index in [1.54, 1.807) is 5.20 Å². The predicted octanol–water partition coefficient (Wildman–Crippen LogP) is 2.97. The summed E-state index contributed by atoms with van der Waals surface area (Å²) in [6.45, 7) is 0.979. The molecule has 1 aliphatic heterocycles. The van der Waals surface area contributed by atoms with Gasteiger partial charge in [0.15, 0.2) is 0 Å². The number of ether oxygens (including phenoxy) is 1. The van der Waals surface area contributed by atoms with E-state index in [0.29, 0.717) is 0 Å².